The molecule has 0 saturated heterocycles. The Morgan fingerprint density at radius 2 is 0.648 bits per heavy atom. The molecule has 4 N–H and O–H groups in total. The van der Waals surface area contributed by atoms with E-state index in [2.05, 4.69) is 12.1 Å². The summed E-state index contributed by atoms with van der Waals surface area (Å²) >= 11 is 0. The molecule has 0 aromatic heterocycles. The molecule has 0 heterocycles. The number of hydrogen-bond donors (Lipinski definition) is 4. The monoisotopic (exact) mass is 1870 g/mol. The zero-order valence-corrected chi connectivity index (χ0v) is 76.0. The molecule has 3 aliphatic carbocycles. The number of hydrogen-bond acceptors (Lipinski definition) is 13. The van der Waals surface area contributed by atoms with Gasteiger partial charge in [0.2, 0.25) is 47.8 Å². The standard InChI is InChI=1S/C32H37F4N2O6PS.C30H33F4N2O6PS.C30H34N2O5S/c1-4-44-45(40,41)20-23-12-16-26(17-13-23)38(18-22-10-14-25(15-11-22)24-8-6-5-7-9-24)27(39)19-37(3)46(42,43)32-30(35)28(33)21(2)29(34)31(32)36;1-19-26(31)28(33)30(29(34)27(19)32)44(41,42)35(2)17-25(37)36(24-14-10-21(11-15-24)18-43(38,39)40)16-20-8-12-23(13-9-20)22-6-4-3-5-7-22;1-22-8-18-28(19-9-22)38(36,37)31(2)21-29(33)32(27-16-14-26(15-17-27)30(34)35)20-23-10-12-25(13-11-23)24-6-4-3-5-7-24/h10-17,24H,4-9,18-20H2,1-3H3,(H,40,41);8-15,22H,3-7,16-18H2,1-2H3,(H2,38,39,40);8-19,24H,3-7,20-21H2,1-2H3,(H,34,35). The number of likely N-dealkylation sites (N-methyl/N-ethyl adjacent to an activating group) is 3. The molecule has 0 spiro atoms. The lowest BCUT2D eigenvalue weighted by molar-refractivity contribution is -0.119. The summed E-state index contributed by atoms with van der Waals surface area (Å²) in [7, 11) is -19.5. The normalized spacial score (nSPS) is 14.9. The molecule has 12 rings (SSSR count). The van der Waals surface area contributed by atoms with Crippen LogP contribution >= 0.6 is 15.2 Å². The Kier molecular flexibility index (Phi) is 34.4. The van der Waals surface area contributed by atoms with Gasteiger partial charge in [0.15, 0.2) is 56.3 Å². The number of aryl methyl sites for hydroxylation is 1. The van der Waals surface area contributed by atoms with Crippen molar-refractivity contribution < 1.29 is 113 Å². The maximum Gasteiger partial charge on any atom is 0.335 e. The van der Waals surface area contributed by atoms with Gasteiger partial charge < -0.3 is 39.0 Å². The number of anilines is 3. The van der Waals surface area contributed by atoms with Crippen molar-refractivity contribution in [2.24, 2.45) is 0 Å². The van der Waals surface area contributed by atoms with Gasteiger partial charge in [-0.25, -0.2) is 65.2 Å². The van der Waals surface area contributed by atoms with Crippen molar-refractivity contribution in [1.29, 1.82) is 0 Å². The Hall–Kier alpha value is -9.67. The van der Waals surface area contributed by atoms with Crippen molar-refractivity contribution >= 4 is 86.0 Å². The maximum absolute atomic E-state index is 14.6. The first-order valence-electron chi connectivity index (χ1n) is 41.7. The second-order valence-electron chi connectivity index (χ2n) is 32.4. The average molecular weight is 1880 g/mol. The fraction of sp³-hybridized carbons (Fsp3) is 0.370. The molecular weight excluding hydrogens is 1770 g/mol. The first kappa shape index (κ1) is 100. The van der Waals surface area contributed by atoms with Crippen molar-refractivity contribution in [3.8, 4) is 0 Å². The lowest BCUT2D eigenvalue weighted by atomic mass is 9.84. The largest absolute Gasteiger partial charge is 0.478 e. The van der Waals surface area contributed by atoms with E-state index in [0.29, 0.717) is 60.0 Å². The molecule has 23 nitrogen and oxygen atoms in total. The van der Waals surface area contributed by atoms with E-state index in [0.717, 1.165) is 94.7 Å². The molecule has 36 heteroatoms. The zero-order valence-electron chi connectivity index (χ0n) is 71.8. The molecular formula is C92H104F8N6O17P2S3. The highest BCUT2D eigenvalue weighted by Gasteiger charge is 2.39. The van der Waals surface area contributed by atoms with Crippen molar-refractivity contribution in [1.82, 2.24) is 12.9 Å². The first-order valence-corrected chi connectivity index (χ1v) is 49.6. The minimum absolute atomic E-state index is 0.0229. The van der Waals surface area contributed by atoms with E-state index in [9.17, 15) is 108 Å². The molecule has 0 aliphatic heterocycles. The number of carbonyl (C=O) groups excluding carboxylic acids is 3. The smallest absolute Gasteiger partial charge is 0.335 e. The van der Waals surface area contributed by atoms with Crippen LogP contribution in [0.4, 0.5) is 52.2 Å². The number of carboxylic acids is 1. The van der Waals surface area contributed by atoms with E-state index < -0.39 is 156 Å². The molecule has 1 unspecified atom stereocenters. The summed E-state index contributed by atoms with van der Waals surface area (Å²) in [6.45, 7) is 2.93. The Morgan fingerprint density at radius 3 is 0.930 bits per heavy atom. The Labute approximate surface area is 741 Å². The van der Waals surface area contributed by atoms with E-state index >= 15 is 0 Å². The zero-order chi connectivity index (χ0) is 93.5. The van der Waals surface area contributed by atoms with Crippen LogP contribution in [0.1, 0.15) is 193 Å². The van der Waals surface area contributed by atoms with Gasteiger partial charge in [0, 0.05) is 49.3 Å². The predicted molar refractivity (Wildman–Crippen MR) is 470 cm³/mol. The van der Waals surface area contributed by atoms with Gasteiger partial charge in [-0.3, -0.25) is 23.5 Å². The quantitative estimate of drug-likeness (QED) is 0.0178. The van der Waals surface area contributed by atoms with Crippen LogP contribution in [0, 0.1) is 67.3 Å². The van der Waals surface area contributed by atoms with E-state index in [1.807, 2.05) is 67.6 Å². The summed E-state index contributed by atoms with van der Waals surface area (Å²) in [5.41, 5.74) is 6.73. The highest BCUT2D eigenvalue weighted by molar-refractivity contribution is 7.89. The average Bonchev–Trinajstić information content (AvgIpc) is 0.760. The number of aromatic carboxylic acids is 1. The molecule has 128 heavy (non-hydrogen) atoms. The van der Waals surface area contributed by atoms with Gasteiger partial charge in [-0.2, -0.15) is 12.9 Å². The van der Waals surface area contributed by atoms with Crippen LogP contribution in [0.3, 0.4) is 0 Å². The van der Waals surface area contributed by atoms with Crippen LogP contribution in [-0.4, -0.2) is 129 Å². The minimum Gasteiger partial charge on any atom is -0.478 e. The summed E-state index contributed by atoms with van der Waals surface area (Å²) in [5.74, 6) is -17.5. The summed E-state index contributed by atoms with van der Waals surface area (Å²) in [5, 5.41) is 9.27. The third-order valence-corrected chi connectivity index (χ3v) is 30.8. The van der Waals surface area contributed by atoms with Crippen LogP contribution in [0.15, 0.2) is 185 Å². The number of benzene rings is 9. The third-order valence-electron chi connectivity index (χ3n) is 23.1. The molecule has 1 atom stereocenters. The molecule has 9 aromatic rings. The summed E-state index contributed by atoms with van der Waals surface area (Å²) in [4.78, 5) is 81.1. The fourth-order valence-corrected chi connectivity index (χ4v) is 21.2. The van der Waals surface area contributed by atoms with Gasteiger partial charge in [-0.1, -0.05) is 173 Å². The van der Waals surface area contributed by atoms with E-state index in [1.165, 1.54) is 156 Å². The number of halogens is 8. The lowest BCUT2D eigenvalue weighted by Gasteiger charge is -2.27. The first-order chi connectivity index (χ1) is 60.4. The van der Waals surface area contributed by atoms with Crippen molar-refractivity contribution in [2.75, 3.05) is 62.1 Å². The molecule has 3 amide bonds. The second kappa shape index (κ2) is 43.8. The molecule has 3 aliphatic rings. The number of carboxylic acid groups (broad SMARTS) is 1. The number of sulfonamides is 3. The van der Waals surface area contributed by atoms with Gasteiger partial charge in [0.25, 0.3) is 0 Å². The highest BCUT2D eigenvalue weighted by Crippen LogP contribution is 2.46. The fourth-order valence-electron chi connectivity index (χ4n) is 15.8. The van der Waals surface area contributed by atoms with Gasteiger partial charge in [0.05, 0.1) is 68.7 Å². The predicted octanol–water partition coefficient (Wildman–Crippen LogP) is 18.9. The van der Waals surface area contributed by atoms with E-state index in [4.69, 9.17) is 4.52 Å². The minimum atomic E-state index is -5.22. The van der Waals surface area contributed by atoms with Crippen molar-refractivity contribution in [3.63, 3.8) is 0 Å². The Morgan fingerprint density at radius 1 is 0.375 bits per heavy atom. The van der Waals surface area contributed by atoms with Crippen LogP contribution in [-0.2, 0) is 90.1 Å². The van der Waals surface area contributed by atoms with Gasteiger partial charge in [-0.05, 0) is 189 Å². The summed E-state index contributed by atoms with van der Waals surface area (Å²) in [6.07, 6.45) is 16.8. The van der Waals surface area contributed by atoms with E-state index in [-0.39, 0.29) is 55.1 Å². The molecule has 9 aromatic carbocycles. The Bertz CT molecular complexity index is 5840. The molecule has 688 valence electrons. The number of rotatable bonds is 31. The van der Waals surface area contributed by atoms with E-state index in [1.54, 1.807) is 31.2 Å². The third kappa shape index (κ3) is 25.5. The van der Waals surface area contributed by atoms with Crippen LogP contribution in [0.25, 0.3) is 0 Å². The number of carbonyl (C=O) groups is 4. The molecule has 3 fully saturated rings. The Balaban J connectivity index is 0.000000201. The SMILES string of the molecule is CCOP(=O)(O)Cc1ccc(N(Cc2ccc(C3CCCCC3)cc2)C(=O)CN(C)S(=O)(=O)c2c(F)c(F)c(C)c(F)c2F)cc1.Cc1c(F)c(F)c(S(=O)(=O)N(C)CC(=O)N(Cc2ccc(C3CCCCC3)cc2)c2ccc(CP(=O)(O)O)cc2)c(F)c1F.Cc1ccc(S(=O)(=O)N(C)CC(=O)N(Cc2ccc(C3CCCCC3)cc2)c2ccc(C(=O)O)cc2)cc1. The van der Waals surface area contributed by atoms with Crippen LogP contribution in [0.2, 0.25) is 0 Å². The number of nitrogens with zero attached hydrogens (tertiary/aromatic N) is 6. The molecule has 0 radical (unpaired) electrons. The second-order valence-corrected chi connectivity index (χ2v) is 41.9. The lowest BCUT2D eigenvalue weighted by Crippen LogP contribution is -2.41. The number of amides is 3. The molecule has 3 saturated carbocycles. The van der Waals surface area contributed by atoms with Gasteiger partial charge in [-0.15, -0.1) is 0 Å². The van der Waals surface area contributed by atoms with Crippen molar-refractivity contribution in [2.45, 2.75) is 188 Å². The van der Waals surface area contributed by atoms with Crippen LogP contribution in [0.5, 0.6) is 0 Å². The van der Waals surface area contributed by atoms with Gasteiger partial charge >= 0.3 is 21.2 Å². The topological polar surface area (TPSA) is 314 Å². The summed E-state index contributed by atoms with van der Waals surface area (Å²) in [6, 6.07) is 47.9. The van der Waals surface area contributed by atoms with Gasteiger partial charge in [0.1, 0.15) is 0 Å². The van der Waals surface area contributed by atoms with Crippen molar-refractivity contribution in [3.05, 3.63) is 283 Å². The maximum atomic E-state index is 14.6. The van der Waals surface area contributed by atoms with Crippen LogP contribution < -0.4 is 14.7 Å². The molecule has 0 bridgehead atoms. The summed E-state index contributed by atoms with van der Waals surface area (Å²) < 4.78 is 224. The highest BCUT2D eigenvalue weighted by atomic mass is 32.2.